The molecule has 0 bridgehead atoms. The molecule has 2 nitrogen and oxygen atoms in total. The van der Waals surface area contributed by atoms with Crippen molar-refractivity contribution in [3.05, 3.63) is 11.6 Å². The first-order valence-corrected chi connectivity index (χ1v) is 4.04. The lowest BCUT2D eigenvalue weighted by Crippen LogP contribution is -2.15. The fraction of sp³-hybridized carbons (Fsp3) is 0.667. The summed E-state index contributed by atoms with van der Waals surface area (Å²) in [5.74, 6) is 0.467. The molecule has 0 aromatic heterocycles. The molecule has 0 aromatic rings. The molecule has 0 N–H and O–H groups in total. The van der Waals surface area contributed by atoms with E-state index in [2.05, 4.69) is 0 Å². The van der Waals surface area contributed by atoms with Crippen LogP contribution in [-0.4, -0.2) is 19.5 Å². The molecule has 1 aliphatic heterocycles. The zero-order valence-corrected chi connectivity index (χ0v) is 6.88. The van der Waals surface area contributed by atoms with Crippen molar-refractivity contribution >= 4 is 6.29 Å². The molecule has 1 heterocycles. The largest absolute Gasteiger partial charge is 0.381 e. The normalized spacial score (nSPS) is 26.6. The van der Waals surface area contributed by atoms with Crippen LogP contribution in [0.4, 0.5) is 0 Å². The maximum absolute atomic E-state index is 10.3. The average Bonchev–Trinajstić information content (AvgIpc) is 2.06. The van der Waals surface area contributed by atoms with E-state index >= 15 is 0 Å². The second-order valence-corrected chi connectivity index (χ2v) is 3.01. The van der Waals surface area contributed by atoms with Crippen molar-refractivity contribution in [1.29, 1.82) is 0 Å². The van der Waals surface area contributed by atoms with Gasteiger partial charge in [-0.1, -0.05) is 6.08 Å². The number of rotatable bonds is 2. The summed E-state index contributed by atoms with van der Waals surface area (Å²) in [6.45, 7) is 3.50. The number of carbonyl (C=O) groups is 1. The number of ether oxygens (including phenoxy) is 1. The Kier molecular flexibility index (Phi) is 3.30. The maximum atomic E-state index is 10.3. The monoisotopic (exact) mass is 154 g/mol. The van der Waals surface area contributed by atoms with Gasteiger partial charge < -0.3 is 4.74 Å². The number of allylic oxidation sites excluding steroid dienone is 1. The summed E-state index contributed by atoms with van der Waals surface area (Å²) in [7, 11) is 0. The molecule has 2 heteroatoms. The van der Waals surface area contributed by atoms with E-state index in [9.17, 15) is 4.79 Å². The molecule has 0 aromatic carbocycles. The van der Waals surface area contributed by atoms with Crippen LogP contribution in [0.2, 0.25) is 0 Å². The first-order chi connectivity index (χ1) is 5.33. The van der Waals surface area contributed by atoms with E-state index in [0.717, 1.165) is 37.9 Å². The van der Waals surface area contributed by atoms with Gasteiger partial charge in [-0.2, -0.15) is 0 Å². The van der Waals surface area contributed by atoms with Crippen molar-refractivity contribution in [2.24, 2.45) is 5.92 Å². The van der Waals surface area contributed by atoms with Crippen molar-refractivity contribution in [2.45, 2.75) is 19.8 Å². The van der Waals surface area contributed by atoms with Gasteiger partial charge in [0, 0.05) is 12.5 Å². The fourth-order valence-corrected chi connectivity index (χ4v) is 1.31. The topological polar surface area (TPSA) is 26.3 Å². The first-order valence-electron chi connectivity index (χ1n) is 4.04. The lowest BCUT2D eigenvalue weighted by atomic mass is 10.00. The van der Waals surface area contributed by atoms with Gasteiger partial charge in [0.1, 0.15) is 6.29 Å². The molecule has 1 unspecified atom stereocenters. The summed E-state index contributed by atoms with van der Waals surface area (Å²) in [6.07, 6.45) is 5.18. The Balaban J connectivity index is 2.40. The second kappa shape index (κ2) is 4.29. The van der Waals surface area contributed by atoms with Gasteiger partial charge in [0.2, 0.25) is 0 Å². The van der Waals surface area contributed by atoms with E-state index in [4.69, 9.17) is 4.74 Å². The molecule has 0 saturated carbocycles. The summed E-state index contributed by atoms with van der Waals surface area (Å²) in [5.41, 5.74) is 0.820. The van der Waals surface area contributed by atoms with Crippen LogP contribution in [0.15, 0.2) is 11.6 Å². The fourth-order valence-electron chi connectivity index (χ4n) is 1.31. The first kappa shape index (κ1) is 8.47. The SMILES string of the molecule is C/C(C=O)=C\C1CCCOC1. The zero-order chi connectivity index (χ0) is 8.10. The lowest BCUT2D eigenvalue weighted by molar-refractivity contribution is -0.104. The van der Waals surface area contributed by atoms with Gasteiger partial charge in [0.15, 0.2) is 0 Å². The molecule has 0 amide bonds. The summed E-state index contributed by atoms with van der Waals surface area (Å²) >= 11 is 0. The number of hydrogen-bond acceptors (Lipinski definition) is 2. The van der Waals surface area contributed by atoms with Crippen molar-refractivity contribution in [2.75, 3.05) is 13.2 Å². The van der Waals surface area contributed by atoms with Crippen LogP contribution in [-0.2, 0) is 9.53 Å². The van der Waals surface area contributed by atoms with E-state index in [1.54, 1.807) is 0 Å². The highest BCUT2D eigenvalue weighted by atomic mass is 16.5. The van der Waals surface area contributed by atoms with E-state index < -0.39 is 0 Å². The van der Waals surface area contributed by atoms with Gasteiger partial charge >= 0.3 is 0 Å². The van der Waals surface area contributed by atoms with Gasteiger partial charge in [0.05, 0.1) is 6.61 Å². The third-order valence-corrected chi connectivity index (χ3v) is 1.88. The van der Waals surface area contributed by atoms with Crippen molar-refractivity contribution in [3.8, 4) is 0 Å². The molecule has 1 saturated heterocycles. The van der Waals surface area contributed by atoms with Crippen LogP contribution >= 0.6 is 0 Å². The van der Waals surface area contributed by atoms with Gasteiger partial charge in [-0.05, 0) is 25.3 Å². The Morgan fingerprint density at radius 2 is 2.45 bits per heavy atom. The Hall–Kier alpha value is -0.630. The Morgan fingerprint density at radius 3 is 3.00 bits per heavy atom. The molecule has 62 valence electrons. The molecule has 1 atom stereocenters. The predicted molar refractivity (Wildman–Crippen MR) is 43.4 cm³/mol. The van der Waals surface area contributed by atoms with E-state index in [1.807, 2.05) is 13.0 Å². The van der Waals surface area contributed by atoms with Crippen LogP contribution in [0, 0.1) is 5.92 Å². The van der Waals surface area contributed by atoms with E-state index in [0.29, 0.717) is 5.92 Å². The van der Waals surface area contributed by atoms with E-state index in [1.165, 1.54) is 0 Å². The Morgan fingerprint density at radius 1 is 1.64 bits per heavy atom. The van der Waals surface area contributed by atoms with Gasteiger partial charge in [-0.3, -0.25) is 4.79 Å². The highest BCUT2D eigenvalue weighted by Gasteiger charge is 2.10. The van der Waals surface area contributed by atoms with Gasteiger partial charge in [-0.15, -0.1) is 0 Å². The molecule has 1 rings (SSSR count). The third kappa shape index (κ3) is 2.85. The molecule has 11 heavy (non-hydrogen) atoms. The molecular weight excluding hydrogens is 140 g/mol. The summed E-state index contributed by atoms with van der Waals surface area (Å²) in [6, 6.07) is 0. The Bertz CT molecular complexity index is 155. The van der Waals surface area contributed by atoms with Crippen LogP contribution in [0.5, 0.6) is 0 Å². The molecule has 0 aliphatic carbocycles. The number of carbonyl (C=O) groups excluding carboxylic acids is 1. The second-order valence-electron chi connectivity index (χ2n) is 3.01. The van der Waals surface area contributed by atoms with E-state index in [-0.39, 0.29) is 0 Å². The highest BCUT2D eigenvalue weighted by molar-refractivity contribution is 5.72. The van der Waals surface area contributed by atoms with Gasteiger partial charge in [-0.25, -0.2) is 0 Å². The number of hydrogen-bond donors (Lipinski definition) is 0. The molecule has 0 spiro atoms. The summed E-state index contributed by atoms with van der Waals surface area (Å²) in [4.78, 5) is 10.3. The zero-order valence-electron chi connectivity index (χ0n) is 6.88. The molecule has 0 radical (unpaired) electrons. The predicted octanol–water partition coefficient (Wildman–Crippen LogP) is 1.56. The Labute approximate surface area is 67.2 Å². The summed E-state index contributed by atoms with van der Waals surface area (Å²) in [5, 5.41) is 0. The van der Waals surface area contributed by atoms with Crippen molar-refractivity contribution in [1.82, 2.24) is 0 Å². The smallest absolute Gasteiger partial charge is 0.145 e. The van der Waals surface area contributed by atoms with Crippen LogP contribution in [0.25, 0.3) is 0 Å². The summed E-state index contributed by atoms with van der Waals surface area (Å²) < 4.78 is 5.27. The average molecular weight is 154 g/mol. The van der Waals surface area contributed by atoms with Crippen LogP contribution in [0.1, 0.15) is 19.8 Å². The van der Waals surface area contributed by atoms with Crippen LogP contribution < -0.4 is 0 Å². The van der Waals surface area contributed by atoms with Crippen LogP contribution in [0.3, 0.4) is 0 Å². The molecular formula is C9H14O2. The van der Waals surface area contributed by atoms with Gasteiger partial charge in [0.25, 0.3) is 0 Å². The highest BCUT2D eigenvalue weighted by Crippen LogP contribution is 2.15. The quantitative estimate of drug-likeness (QED) is 0.445. The van der Waals surface area contributed by atoms with Crippen molar-refractivity contribution < 1.29 is 9.53 Å². The maximum Gasteiger partial charge on any atom is 0.145 e. The molecule has 1 fully saturated rings. The minimum atomic E-state index is 0.467. The number of aldehydes is 1. The lowest BCUT2D eigenvalue weighted by Gasteiger charge is -2.18. The minimum absolute atomic E-state index is 0.467. The standard InChI is InChI=1S/C9H14O2/c1-8(6-10)5-9-3-2-4-11-7-9/h5-6,9H,2-4,7H2,1H3/b8-5+. The third-order valence-electron chi connectivity index (χ3n) is 1.88. The molecule has 1 aliphatic rings. The van der Waals surface area contributed by atoms with Crippen molar-refractivity contribution in [3.63, 3.8) is 0 Å². The minimum Gasteiger partial charge on any atom is -0.381 e.